The SMILES string of the molecule is Cc1c(Cl)cccc1NC(=O)CN1CCC(CCO)C1. The highest BCUT2D eigenvalue weighted by atomic mass is 35.5. The van der Waals surface area contributed by atoms with Crippen LogP contribution in [0.25, 0.3) is 0 Å². The van der Waals surface area contributed by atoms with Gasteiger partial charge in [0.2, 0.25) is 5.91 Å². The van der Waals surface area contributed by atoms with Gasteiger partial charge in [0.15, 0.2) is 0 Å². The van der Waals surface area contributed by atoms with Gasteiger partial charge in [0, 0.05) is 23.9 Å². The van der Waals surface area contributed by atoms with E-state index in [1.807, 2.05) is 25.1 Å². The van der Waals surface area contributed by atoms with Gasteiger partial charge in [0.1, 0.15) is 0 Å². The molecule has 1 aliphatic heterocycles. The number of hydrogen-bond acceptors (Lipinski definition) is 3. The van der Waals surface area contributed by atoms with Gasteiger partial charge in [-0.2, -0.15) is 0 Å². The highest BCUT2D eigenvalue weighted by Crippen LogP contribution is 2.23. The smallest absolute Gasteiger partial charge is 0.238 e. The van der Waals surface area contributed by atoms with E-state index in [0.717, 1.165) is 37.2 Å². The fraction of sp³-hybridized carbons (Fsp3) is 0.533. The lowest BCUT2D eigenvalue weighted by molar-refractivity contribution is -0.117. The van der Waals surface area contributed by atoms with Gasteiger partial charge in [-0.25, -0.2) is 0 Å². The molecule has 1 aliphatic rings. The molecule has 0 saturated carbocycles. The van der Waals surface area contributed by atoms with Crippen LogP contribution in [0.1, 0.15) is 18.4 Å². The molecule has 0 aliphatic carbocycles. The van der Waals surface area contributed by atoms with E-state index in [9.17, 15) is 4.79 Å². The van der Waals surface area contributed by atoms with Crippen molar-refractivity contribution in [2.24, 2.45) is 5.92 Å². The van der Waals surface area contributed by atoms with E-state index in [0.29, 0.717) is 17.5 Å². The van der Waals surface area contributed by atoms with Gasteiger partial charge in [-0.3, -0.25) is 9.69 Å². The number of hydrogen-bond donors (Lipinski definition) is 2. The minimum atomic E-state index is -0.0139. The molecule has 5 heteroatoms. The summed E-state index contributed by atoms with van der Waals surface area (Å²) in [7, 11) is 0. The largest absolute Gasteiger partial charge is 0.396 e. The topological polar surface area (TPSA) is 52.6 Å². The van der Waals surface area contributed by atoms with Gasteiger partial charge in [0.05, 0.1) is 6.54 Å². The van der Waals surface area contributed by atoms with Gasteiger partial charge < -0.3 is 10.4 Å². The molecule has 1 unspecified atom stereocenters. The Balaban J connectivity index is 1.86. The van der Waals surface area contributed by atoms with Crippen molar-refractivity contribution in [1.82, 2.24) is 4.90 Å². The summed E-state index contributed by atoms with van der Waals surface area (Å²) < 4.78 is 0. The Morgan fingerprint density at radius 1 is 1.55 bits per heavy atom. The molecule has 1 atom stereocenters. The summed E-state index contributed by atoms with van der Waals surface area (Å²) in [6.07, 6.45) is 1.88. The first-order chi connectivity index (χ1) is 9.60. The summed E-state index contributed by atoms with van der Waals surface area (Å²) in [4.78, 5) is 14.2. The van der Waals surface area contributed by atoms with Crippen molar-refractivity contribution in [3.8, 4) is 0 Å². The number of carbonyl (C=O) groups is 1. The van der Waals surface area contributed by atoms with Crippen molar-refractivity contribution in [2.75, 3.05) is 31.6 Å². The Bertz CT molecular complexity index is 479. The lowest BCUT2D eigenvalue weighted by atomic mass is 10.1. The van der Waals surface area contributed by atoms with Crippen LogP contribution in [0, 0.1) is 12.8 Å². The zero-order valence-corrected chi connectivity index (χ0v) is 12.5. The first kappa shape index (κ1) is 15.3. The van der Waals surface area contributed by atoms with Gasteiger partial charge in [-0.05, 0) is 49.9 Å². The number of benzene rings is 1. The molecule has 1 amide bonds. The summed E-state index contributed by atoms with van der Waals surface area (Å²) in [6.45, 7) is 4.33. The molecule has 20 heavy (non-hydrogen) atoms. The molecule has 0 aromatic heterocycles. The van der Waals surface area contributed by atoms with Crippen LogP contribution in [0.2, 0.25) is 5.02 Å². The van der Waals surface area contributed by atoms with Crippen molar-refractivity contribution in [2.45, 2.75) is 19.8 Å². The third-order valence-electron chi connectivity index (χ3n) is 3.82. The molecule has 1 heterocycles. The van der Waals surface area contributed by atoms with Crippen LogP contribution in [-0.4, -0.2) is 42.2 Å². The molecule has 1 fully saturated rings. The van der Waals surface area contributed by atoms with Crippen molar-refractivity contribution in [3.05, 3.63) is 28.8 Å². The fourth-order valence-electron chi connectivity index (χ4n) is 2.61. The molecule has 1 aromatic rings. The third kappa shape index (κ3) is 3.95. The van der Waals surface area contributed by atoms with Crippen LogP contribution < -0.4 is 5.32 Å². The minimum absolute atomic E-state index is 0.0139. The predicted molar refractivity (Wildman–Crippen MR) is 81.1 cm³/mol. The molecule has 110 valence electrons. The van der Waals surface area contributed by atoms with Crippen LogP contribution in [0.5, 0.6) is 0 Å². The average Bonchev–Trinajstić information content (AvgIpc) is 2.83. The molecule has 4 nitrogen and oxygen atoms in total. The molecular weight excluding hydrogens is 276 g/mol. The van der Waals surface area contributed by atoms with Gasteiger partial charge in [-0.1, -0.05) is 17.7 Å². The number of likely N-dealkylation sites (tertiary alicyclic amines) is 1. The molecule has 1 saturated heterocycles. The summed E-state index contributed by atoms with van der Waals surface area (Å²) in [5.41, 5.74) is 1.66. The van der Waals surface area contributed by atoms with Crippen LogP contribution >= 0.6 is 11.6 Å². The first-order valence-electron chi connectivity index (χ1n) is 6.98. The highest BCUT2D eigenvalue weighted by molar-refractivity contribution is 6.31. The fourth-order valence-corrected chi connectivity index (χ4v) is 2.78. The summed E-state index contributed by atoms with van der Waals surface area (Å²) in [5.74, 6) is 0.501. The van der Waals surface area contributed by atoms with Crippen LogP contribution in [0.4, 0.5) is 5.69 Å². The average molecular weight is 297 g/mol. The Kier molecular flexibility index (Phi) is 5.40. The third-order valence-corrected chi connectivity index (χ3v) is 4.23. The van der Waals surface area contributed by atoms with E-state index >= 15 is 0 Å². The van der Waals surface area contributed by atoms with Gasteiger partial charge in [0.25, 0.3) is 0 Å². The number of aliphatic hydroxyl groups is 1. The Morgan fingerprint density at radius 3 is 3.10 bits per heavy atom. The number of carbonyl (C=O) groups excluding carboxylic acids is 1. The van der Waals surface area contributed by atoms with E-state index < -0.39 is 0 Å². The van der Waals surface area contributed by atoms with Gasteiger partial charge >= 0.3 is 0 Å². The Morgan fingerprint density at radius 2 is 2.35 bits per heavy atom. The van der Waals surface area contributed by atoms with Crippen molar-refractivity contribution < 1.29 is 9.90 Å². The van der Waals surface area contributed by atoms with Crippen LogP contribution in [0.3, 0.4) is 0 Å². The van der Waals surface area contributed by atoms with Crippen LogP contribution in [0.15, 0.2) is 18.2 Å². The Hall–Kier alpha value is -1.10. The number of anilines is 1. The van der Waals surface area contributed by atoms with E-state index in [4.69, 9.17) is 16.7 Å². The number of nitrogens with one attached hydrogen (secondary N) is 1. The summed E-state index contributed by atoms with van der Waals surface area (Å²) >= 11 is 6.04. The highest BCUT2D eigenvalue weighted by Gasteiger charge is 2.23. The molecule has 0 radical (unpaired) electrons. The number of aliphatic hydroxyl groups excluding tert-OH is 1. The monoisotopic (exact) mass is 296 g/mol. The van der Waals surface area contributed by atoms with E-state index in [1.165, 1.54) is 0 Å². The lowest BCUT2D eigenvalue weighted by Gasteiger charge is -2.16. The first-order valence-corrected chi connectivity index (χ1v) is 7.36. The van der Waals surface area contributed by atoms with Crippen LogP contribution in [-0.2, 0) is 4.79 Å². The number of nitrogens with zero attached hydrogens (tertiary/aromatic N) is 1. The second-order valence-electron chi connectivity index (χ2n) is 5.36. The number of rotatable bonds is 5. The second-order valence-corrected chi connectivity index (χ2v) is 5.77. The molecule has 2 N–H and O–H groups in total. The van der Waals surface area contributed by atoms with Crippen molar-refractivity contribution >= 4 is 23.2 Å². The minimum Gasteiger partial charge on any atom is -0.396 e. The van der Waals surface area contributed by atoms with Crippen molar-refractivity contribution in [3.63, 3.8) is 0 Å². The normalized spacial score (nSPS) is 19.2. The quantitative estimate of drug-likeness (QED) is 0.876. The standard InChI is InChI=1S/C15H21ClN2O2/c1-11-13(16)3-2-4-14(11)17-15(20)10-18-7-5-12(9-18)6-8-19/h2-4,12,19H,5-10H2,1H3,(H,17,20). The number of halogens is 1. The molecular formula is C15H21ClN2O2. The molecule has 0 spiro atoms. The summed E-state index contributed by atoms with van der Waals surface area (Å²) in [5, 5.41) is 12.5. The summed E-state index contributed by atoms with van der Waals surface area (Å²) in [6, 6.07) is 5.50. The second kappa shape index (κ2) is 7.07. The maximum Gasteiger partial charge on any atom is 0.238 e. The zero-order valence-electron chi connectivity index (χ0n) is 11.7. The maximum absolute atomic E-state index is 12.1. The zero-order chi connectivity index (χ0) is 14.5. The number of amides is 1. The molecule has 1 aromatic carbocycles. The van der Waals surface area contributed by atoms with E-state index in [-0.39, 0.29) is 12.5 Å². The van der Waals surface area contributed by atoms with E-state index in [2.05, 4.69) is 10.2 Å². The van der Waals surface area contributed by atoms with E-state index in [1.54, 1.807) is 0 Å². The Labute approximate surface area is 124 Å². The predicted octanol–water partition coefficient (Wildman–Crippen LogP) is 2.29. The van der Waals surface area contributed by atoms with Crippen molar-refractivity contribution in [1.29, 1.82) is 0 Å². The molecule has 2 rings (SSSR count). The van der Waals surface area contributed by atoms with Gasteiger partial charge in [-0.15, -0.1) is 0 Å². The lowest BCUT2D eigenvalue weighted by Crippen LogP contribution is -2.31. The molecule has 0 bridgehead atoms. The maximum atomic E-state index is 12.1.